The fourth-order valence-corrected chi connectivity index (χ4v) is 0.773. The Morgan fingerprint density at radius 2 is 2.27 bits per heavy atom. The molecule has 0 heterocycles. The number of rotatable bonds is 4. The molecule has 0 aliphatic heterocycles. The number of guanidine groups is 1. The minimum absolute atomic E-state index is 0.570. The van der Waals surface area contributed by atoms with Gasteiger partial charge in [0.25, 0.3) is 0 Å². The summed E-state index contributed by atoms with van der Waals surface area (Å²) in [7, 11) is 0. The maximum absolute atomic E-state index is 5.55. The number of aliphatic imine (C=N–C) groups is 1. The summed E-state index contributed by atoms with van der Waals surface area (Å²) < 4.78 is 0. The Bertz CT molecular complexity index is 139. The van der Waals surface area contributed by atoms with E-state index in [4.69, 9.17) is 11.5 Å². The van der Waals surface area contributed by atoms with Gasteiger partial charge >= 0.3 is 0 Å². The molecule has 0 radical (unpaired) electrons. The maximum atomic E-state index is 5.55. The van der Waals surface area contributed by atoms with E-state index >= 15 is 0 Å². The molecule has 5 N–H and O–H groups in total. The van der Waals surface area contributed by atoms with E-state index in [1.165, 1.54) is 12.8 Å². The fourth-order valence-electron chi connectivity index (χ4n) is 0.773. The first-order valence-electron chi connectivity index (χ1n) is 4.09. The highest BCUT2D eigenvalue weighted by molar-refractivity contribution is 5.78. The lowest BCUT2D eigenvalue weighted by molar-refractivity contribution is 0.822. The molecule has 1 saturated carbocycles. The molecule has 1 aliphatic carbocycles. The van der Waals surface area contributed by atoms with Crippen LogP contribution in [0.3, 0.4) is 0 Å². The molecule has 0 aromatic rings. The Hall–Kier alpha value is -0.770. The van der Waals surface area contributed by atoms with Gasteiger partial charge < -0.3 is 16.8 Å². The average Bonchev–Trinajstić information content (AvgIpc) is 2.72. The Balaban J connectivity index is 2.05. The van der Waals surface area contributed by atoms with Crippen LogP contribution in [0.25, 0.3) is 0 Å². The lowest BCUT2D eigenvalue weighted by Gasteiger charge is -2.01. The van der Waals surface area contributed by atoms with Crippen molar-refractivity contribution in [3.63, 3.8) is 0 Å². The largest absolute Gasteiger partial charge is 0.370 e. The van der Waals surface area contributed by atoms with Crippen molar-refractivity contribution < 1.29 is 0 Å². The van der Waals surface area contributed by atoms with E-state index < -0.39 is 0 Å². The van der Waals surface area contributed by atoms with Gasteiger partial charge in [-0.05, 0) is 25.8 Å². The van der Waals surface area contributed by atoms with E-state index in [0.717, 1.165) is 13.0 Å². The number of nitrogens with one attached hydrogen (secondary N) is 1. The van der Waals surface area contributed by atoms with Crippen molar-refractivity contribution in [2.45, 2.75) is 25.3 Å². The van der Waals surface area contributed by atoms with E-state index in [1.54, 1.807) is 0 Å². The van der Waals surface area contributed by atoms with Crippen LogP contribution in [-0.4, -0.2) is 25.1 Å². The summed E-state index contributed by atoms with van der Waals surface area (Å²) in [6.45, 7) is 1.42. The molecule has 1 fully saturated rings. The first kappa shape index (κ1) is 8.33. The quantitative estimate of drug-likeness (QED) is 0.289. The first-order valence-corrected chi connectivity index (χ1v) is 4.09. The number of nitrogens with zero attached hydrogens (tertiary/aromatic N) is 1. The molecule has 4 heteroatoms. The second-order valence-corrected chi connectivity index (χ2v) is 2.83. The summed E-state index contributed by atoms with van der Waals surface area (Å²) in [6, 6.07) is 0.594. The minimum atomic E-state index is 0.570. The van der Waals surface area contributed by atoms with E-state index in [2.05, 4.69) is 10.3 Å². The average molecular weight is 156 g/mol. The molecule has 0 aromatic carbocycles. The Kier molecular flexibility index (Phi) is 3.16. The van der Waals surface area contributed by atoms with E-state index in [-0.39, 0.29) is 0 Å². The van der Waals surface area contributed by atoms with Crippen LogP contribution in [0, 0.1) is 0 Å². The lowest BCUT2D eigenvalue weighted by Crippen LogP contribution is -2.33. The highest BCUT2D eigenvalue weighted by Crippen LogP contribution is 2.17. The van der Waals surface area contributed by atoms with Crippen LogP contribution in [0.5, 0.6) is 0 Å². The van der Waals surface area contributed by atoms with Crippen molar-refractivity contribution in [3.05, 3.63) is 0 Å². The topological polar surface area (TPSA) is 76.4 Å². The minimum Gasteiger partial charge on any atom is -0.370 e. The monoisotopic (exact) mass is 156 g/mol. The molecule has 0 unspecified atom stereocenters. The van der Waals surface area contributed by atoms with Gasteiger partial charge in [-0.1, -0.05) is 0 Å². The summed E-state index contributed by atoms with van der Waals surface area (Å²) in [5, 5.41) is 3.10. The van der Waals surface area contributed by atoms with E-state index in [9.17, 15) is 0 Å². The van der Waals surface area contributed by atoms with Crippen molar-refractivity contribution in [3.8, 4) is 0 Å². The number of hydrogen-bond donors (Lipinski definition) is 3. The molecular weight excluding hydrogens is 140 g/mol. The Morgan fingerprint density at radius 1 is 1.55 bits per heavy atom. The van der Waals surface area contributed by atoms with Crippen molar-refractivity contribution in [2.75, 3.05) is 13.1 Å². The van der Waals surface area contributed by atoms with Crippen LogP contribution < -0.4 is 16.8 Å². The molecule has 0 bridgehead atoms. The molecule has 0 amide bonds. The SMILES string of the molecule is NCCCN=C(N)NC1CC1. The standard InChI is InChI=1S/C7H16N4/c8-4-1-5-10-7(9)11-6-2-3-6/h6H,1-5,8H2,(H3,9,10,11). The predicted molar refractivity (Wildman–Crippen MR) is 46.3 cm³/mol. The van der Waals surface area contributed by atoms with Gasteiger partial charge in [-0.15, -0.1) is 0 Å². The normalized spacial score (nSPS) is 18.5. The van der Waals surface area contributed by atoms with E-state index in [1.807, 2.05) is 0 Å². The zero-order chi connectivity index (χ0) is 8.10. The molecule has 0 spiro atoms. The van der Waals surface area contributed by atoms with Gasteiger partial charge in [-0.3, -0.25) is 4.99 Å². The van der Waals surface area contributed by atoms with Gasteiger partial charge in [0.2, 0.25) is 0 Å². The number of hydrogen-bond acceptors (Lipinski definition) is 2. The van der Waals surface area contributed by atoms with Gasteiger partial charge in [0.1, 0.15) is 0 Å². The second kappa shape index (κ2) is 4.18. The van der Waals surface area contributed by atoms with Crippen molar-refractivity contribution in [1.29, 1.82) is 0 Å². The molecule has 1 aliphatic rings. The third kappa shape index (κ3) is 3.83. The summed E-state index contributed by atoms with van der Waals surface area (Å²) in [5.74, 6) is 0.570. The lowest BCUT2D eigenvalue weighted by atomic mass is 10.4. The molecule has 0 atom stereocenters. The first-order chi connectivity index (χ1) is 5.33. The molecule has 0 aromatic heterocycles. The van der Waals surface area contributed by atoms with E-state index in [0.29, 0.717) is 18.5 Å². The predicted octanol–water partition coefficient (Wildman–Crippen LogP) is -0.598. The van der Waals surface area contributed by atoms with Crippen molar-refractivity contribution in [1.82, 2.24) is 5.32 Å². The van der Waals surface area contributed by atoms with Crippen LogP contribution in [0.4, 0.5) is 0 Å². The second-order valence-electron chi connectivity index (χ2n) is 2.83. The number of nitrogens with two attached hydrogens (primary N) is 2. The van der Waals surface area contributed by atoms with Gasteiger partial charge in [-0.25, -0.2) is 0 Å². The van der Waals surface area contributed by atoms with Crippen LogP contribution in [-0.2, 0) is 0 Å². The van der Waals surface area contributed by atoms with Gasteiger partial charge in [-0.2, -0.15) is 0 Å². The Labute approximate surface area is 67.0 Å². The fraction of sp³-hybridized carbons (Fsp3) is 0.857. The molecule has 4 nitrogen and oxygen atoms in total. The third-order valence-corrected chi connectivity index (χ3v) is 1.57. The Morgan fingerprint density at radius 3 is 2.82 bits per heavy atom. The zero-order valence-corrected chi connectivity index (χ0v) is 6.71. The van der Waals surface area contributed by atoms with Crippen LogP contribution in [0.15, 0.2) is 4.99 Å². The summed E-state index contributed by atoms with van der Waals surface area (Å²) in [6.07, 6.45) is 3.37. The smallest absolute Gasteiger partial charge is 0.188 e. The molecular formula is C7H16N4. The maximum Gasteiger partial charge on any atom is 0.188 e. The summed E-state index contributed by atoms with van der Waals surface area (Å²) in [5.41, 5.74) is 10.9. The summed E-state index contributed by atoms with van der Waals surface area (Å²) >= 11 is 0. The molecule has 1 rings (SSSR count). The molecule has 11 heavy (non-hydrogen) atoms. The molecule has 0 saturated heterocycles. The molecule has 64 valence electrons. The van der Waals surface area contributed by atoms with Crippen molar-refractivity contribution in [2.24, 2.45) is 16.5 Å². The van der Waals surface area contributed by atoms with Crippen LogP contribution in [0.2, 0.25) is 0 Å². The van der Waals surface area contributed by atoms with Gasteiger partial charge in [0, 0.05) is 12.6 Å². The van der Waals surface area contributed by atoms with Gasteiger partial charge in [0.15, 0.2) is 5.96 Å². The highest BCUT2D eigenvalue weighted by Gasteiger charge is 2.20. The zero-order valence-electron chi connectivity index (χ0n) is 6.71. The van der Waals surface area contributed by atoms with Crippen molar-refractivity contribution >= 4 is 5.96 Å². The van der Waals surface area contributed by atoms with Crippen LogP contribution in [0.1, 0.15) is 19.3 Å². The van der Waals surface area contributed by atoms with Gasteiger partial charge in [0.05, 0.1) is 0 Å². The third-order valence-electron chi connectivity index (χ3n) is 1.57. The summed E-state index contributed by atoms with van der Waals surface area (Å²) in [4.78, 5) is 4.10. The van der Waals surface area contributed by atoms with Crippen LogP contribution >= 0.6 is 0 Å². The highest BCUT2D eigenvalue weighted by atomic mass is 15.1.